The second kappa shape index (κ2) is 6.80. The van der Waals surface area contributed by atoms with E-state index >= 15 is 0 Å². The van der Waals surface area contributed by atoms with Crippen molar-refractivity contribution in [3.63, 3.8) is 0 Å². The van der Waals surface area contributed by atoms with Gasteiger partial charge in [-0.15, -0.1) is 11.3 Å². The SMILES string of the molecule is CC(=O)c1cc(C(=O)N2CC(=O)N(c3ccc(C)cc3)CC2C)cs1. The number of carbonyl (C=O) groups is 3. The number of Topliss-reactive ketones (excluding diaryl/α,β-unsaturated/α-hetero) is 1. The van der Waals surface area contributed by atoms with Gasteiger partial charge in [0.25, 0.3) is 5.91 Å². The number of amides is 2. The van der Waals surface area contributed by atoms with Crippen LogP contribution in [0.1, 0.15) is 39.4 Å². The zero-order valence-corrected chi connectivity index (χ0v) is 15.3. The Labute approximate surface area is 150 Å². The highest BCUT2D eigenvalue weighted by Crippen LogP contribution is 2.23. The van der Waals surface area contributed by atoms with Crippen LogP contribution in [0.2, 0.25) is 0 Å². The Hall–Kier alpha value is -2.47. The molecule has 0 aliphatic carbocycles. The van der Waals surface area contributed by atoms with E-state index in [0.717, 1.165) is 11.3 Å². The summed E-state index contributed by atoms with van der Waals surface area (Å²) in [5.74, 6) is -0.358. The molecule has 1 atom stereocenters. The minimum absolute atomic E-state index is 0.0408. The summed E-state index contributed by atoms with van der Waals surface area (Å²) in [6.45, 7) is 5.91. The van der Waals surface area contributed by atoms with Crippen molar-refractivity contribution in [2.75, 3.05) is 18.0 Å². The average Bonchev–Trinajstić information content (AvgIpc) is 3.07. The van der Waals surface area contributed by atoms with Crippen LogP contribution in [0.3, 0.4) is 0 Å². The lowest BCUT2D eigenvalue weighted by molar-refractivity contribution is -0.121. The fourth-order valence-electron chi connectivity index (χ4n) is 2.90. The van der Waals surface area contributed by atoms with Gasteiger partial charge in [0, 0.05) is 23.7 Å². The first-order valence-electron chi connectivity index (χ1n) is 8.14. The van der Waals surface area contributed by atoms with E-state index in [2.05, 4.69) is 0 Å². The van der Waals surface area contributed by atoms with E-state index in [1.54, 1.807) is 21.2 Å². The number of hydrogen-bond donors (Lipinski definition) is 0. The quantitative estimate of drug-likeness (QED) is 0.794. The number of thiophene rings is 1. The van der Waals surface area contributed by atoms with Crippen LogP contribution in [0.15, 0.2) is 35.7 Å². The molecule has 1 aromatic heterocycles. The first-order valence-corrected chi connectivity index (χ1v) is 9.02. The topological polar surface area (TPSA) is 57.7 Å². The van der Waals surface area contributed by atoms with E-state index in [0.29, 0.717) is 17.0 Å². The van der Waals surface area contributed by atoms with Crippen molar-refractivity contribution in [1.29, 1.82) is 0 Å². The molecule has 1 fully saturated rings. The van der Waals surface area contributed by atoms with Crippen molar-refractivity contribution in [2.24, 2.45) is 0 Å². The van der Waals surface area contributed by atoms with E-state index < -0.39 is 0 Å². The molecule has 2 heterocycles. The van der Waals surface area contributed by atoms with E-state index in [4.69, 9.17) is 0 Å². The van der Waals surface area contributed by atoms with Gasteiger partial charge < -0.3 is 9.80 Å². The smallest absolute Gasteiger partial charge is 0.255 e. The summed E-state index contributed by atoms with van der Waals surface area (Å²) in [6.07, 6.45) is 0. The van der Waals surface area contributed by atoms with Crippen LogP contribution in [0.25, 0.3) is 0 Å². The van der Waals surface area contributed by atoms with Gasteiger partial charge in [-0.2, -0.15) is 0 Å². The van der Waals surface area contributed by atoms with E-state index in [9.17, 15) is 14.4 Å². The maximum Gasteiger partial charge on any atom is 0.255 e. The number of benzene rings is 1. The van der Waals surface area contributed by atoms with Gasteiger partial charge in [0.1, 0.15) is 6.54 Å². The molecule has 0 N–H and O–H groups in total. The lowest BCUT2D eigenvalue weighted by Gasteiger charge is -2.39. The Morgan fingerprint density at radius 3 is 2.48 bits per heavy atom. The van der Waals surface area contributed by atoms with Crippen molar-refractivity contribution in [3.8, 4) is 0 Å². The normalized spacial score (nSPS) is 17.7. The predicted molar refractivity (Wildman–Crippen MR) is 98.4 cm³/mol. The molecule has 3 rings (SSSR count). The number of aryl methyl sites for hydroxylation is 1. The minimum atomic E-state index is -0.201. The standard InChI is InChI=1S/C19H20N2O3S/c1-12-4-6-16(7-5-12)21-9-13(2)20(10-18(21)23)19(24)15-8-17(14(3)22)25-11-15/h4-8,11,13H,9-10H2,1-3H3. The summed E-state index contributed by atoms with van der Waals surface area (Å²) in [6, 6.07) is 9.30. The van der Waals surface area contributed by atoms with Crippen molar-refractivity contribution in [1.82, 2.24) is 4.90 Å². The maximum absolute atomic E-state index is 12.7. The molecule has 1 saturated heterocycles. The molecule has 1 unspecified atom stereocenters. The molecule has 2 aromatic rings. The van der Waals surface area contributed by atoms with Crippen LogP contribution in [-0.4, -0.2) is 41.6 Å². The minimum Gasteiger partial charge on any atom is -0.325 e. The molecule has 0 spiro atoms. The monoisotopic (exact) mass is 356 g/mol. The molecule has 5 nitrogen and oxygen atoms in total. The zero-order valence-electron chi connectivity index (χ0n) is 14.5. The number of anilines is 1. The number of nitrogens with zero attached hydrogens (tertiary/aromatic N) is 2. The van der Waals surface area contributed by atoms with E-state index in [1.165, 1.54) is 18.3 Å². The molecule has 1 aliphatic rings. The Morgan fingerprint density at radius 1 is 1.20 bits per heavy atom. The molecule has 0 radical (unpaired) electrons. The third-order valence-corrected chi connectivity index (χ3v) is 5.42. The van der Waals surface area contributed by atoms with Gasteiger partial charge in [0.2, 0.25) is 5.91 Å². The van der Waals surface area contributed by atoms with Crippen molar-refractivity contribution in [2.45, 2.75) is 26.8 Å². The molecule has 6 heteroatoms. The molecule has 0 bridgehead atoms. The highest BCUT2D eigenvalue weighted by atomic mass is 32.1. The molecular formula is C19H20N2O3S. The van der Waals surface area contributed by atoms with E-state index in [-0.39, 0.29) is 30.2 Å². The van der Waals surface area contributed by atoms with Gasteiger partial charge in [0.05, 0.1) is 10.4 Å². The maximum atomic E-state index is 12.7. The number of rotatable bonds is 3. The Balaban J connectivity index is 1.77. The van der Waals surface area contributed by atoms with Gasteiger partial charge >= 0.3 is 0 Å². The third-order valence-electron chi connectivity index (χ3n) is 4.39. The van der Waals surface area contributed by atoms with Crippen molar-refractivity contribution >= 4 is 34.6 Å². The molecule has 1 aromatic carbocycles. The van der Waals surface area contributed by atoms with Crippen LogP contribution in [0, 0.1) is 6.92 Å². The highest BCUT2D eigenvalue weighted by molar-refractivity contribution is 7.12. The van der Waals surface area contributed by atoms with Gasteiger partial charge in [-0.25, -0.2) is 0 Å². The summed E-state index contributed by atoms with van der Waals surface area (Å²) >= 11 is 1.26. The second-order valence-electron chi connectivity index (χ2n) is 6.38. The molecule has 130 valence electrons. The molecular weight excluding hydrogens is 336 g/mol. The van der Waals surface area contributed by atoms with Crippen LogP contribution in [0.4, 0.5) is 5.69 Å². The van der Waals surface area contributed by atoms with Crippen LogP contribution in [-0.2, 0) is 4.79 Å². The number of piperazine rings is 1. The zero-order chi connectivity index (χ0) is 18.1. The predicted octanol–water partition coefficient (Wildman–Crippen LogP) is 3.14. The highest BCUT2D eigenvalue weighted by Gasteiger charge is 2.34. The Morgan fingerprint density at radius 2 is 1.88 bits per heavy atom. The second-order valence-corrected chi connectivity index (χ2v) is 7.29. The molecule has 1 aliphatic heterocycles. The lowest BCUT2D eigenvalue weighted by atomic mass is 10.1. The van der Waals surface area contributed by atoms with Crippen molar-refractivity contribution in [3.05, 3.63) is 51.7 Å². The van der Waals surface area contributed by atoms with Crippen molar-refractivity contribution < 1.29 is 14.4 Å². The summed E-state index contributed by atoms with van der Waals surface area (Å²) < 4.78 is 0. The number of carbonyl (C=O) groups excluding carboxylic acids is 3. The summed E-state index contributed by atoms with van der Waals surface area (Å²) in [5, 5.41) is 1.68. The summed E-state index contributed by atoms with van der Waals surface area (Å²) in [7, 11) is 0. The van der Waals surface area contributed by atoms with Crippen LogP contribution >= 0.6 is 11.3 Å². The Bertz CT molecular complexity index is 825. The molecule has 25 heavy (non-hydrogen) atoms. The summed E-state index contributed by atoms with van der Waals surface area (Å²) in [4.78, 5) is 40.6. The molecule has 0 saturated carbocycles. The van der Waals surface area contributed by atoms with Gasteiger partial charge in [-0.05, 0) is 39.0 Å². The van der Waals surface area contributed by atoms with Crippen LogP contribution < -0.4 is 4.90 Å². The number of hydrogen-bond acceptors (Lipinski definition) is 4. The Kier molecular flexibility index (Phi) is 4.72. The fourth-order valence-corrected chi connectivity index (χ4v) is 3.68. The fraction of sp³-hybridized carbons (Fsp3) is 0.316. The lowest BCUT2D eigenvalue weighted by Crippen LogP contribution is -2.57. The first kappa shape index (κ1) is 17.4. The van der Waals surface area contributed by atoms with Gasteiger partial charge in [0.15, 0.2) is 5.78 Å². The van der Waals surface area contributed by atoms with Gasteiger partial charge in [-0.3, -0.25) is 14.4 Å². The van der Waals surface area contributed by atoms with Gasteiger partial charge in [-0.1, -0.05) is 17.7 Å². The largest absolute Gasteiger partial charge is 0.325 e. The first-order chi connectivity index (χ1) is 11.9. The average molecular weight is 356 g/mol. The van der Waals surface area contributed by atoms with E-state index in [1.807, 2.05) is 38.1 Å². The summed E-state index contributed by atoms with van der Waals surface area (Å²) in [5.41, 5.74) is 2.46. The third kappa shape index (κ3) is 3.49. The number of ketones is 1. The van der Waals surface area contributed by atoms with Crippen LogP contribution in [0.5, 0.6) is 0 Å². The molecule has 2 amide bonds.